The van der Waals surface area contributed by atoms with E-state index in [1.54, 1.807) is 0 Å². The molecule has 0 atom stereocenters. The van der Waals surface area contributed by atoms with Crippen LogP contribution in [0.25, 0.3) is 21.5 Å². The molecule has 8 heteroatoms. The molecule has 2 heterocycles. The zero-order chi connectivity index (χ0) is 24.3. The van der Waals surface area contributed by atoms with Crippen molar-refractivity contribution in [3.05, 3.63) is 72.8 Å². The number of benzene rings is 2. The van der Waals surface area contributed by atoms with Crippen LogP contribution in [-0.4, -0.2) is 56.9 Å². The van der Waals surface area contributed by atoms with Crippen LogP contribution < -0.4 is 17.8 Å². The number of nitrogens with one attached hydrogen (secondary N) is 2. The number of nitrogens with zero attached hydrogens (tertiary/aromatic N) is 2. The van der Waals surface area contributed by atoms with Crippen LogP contribution in [0.3, 0.4) is 0 Å². The Hall–Kier alpha value is -2.28. The van der Waals surface area contributed by atoms with Crippen molar-refractivity contribution in [1.82, 2.24) is 8.05 Å². The van der Waals surface area contributed by atoms with Gasteiger partial charge in [0.05, 0.1) is 0 Å². The van der Waals surface area contributed by atoms with Crippen molar-refractivity contribution in [2.75, 3.05) is 36.0 Å². The maximum Gasteiger partial charge on any atom is 2.00 e. The summed E-state index contributed by atoms with van der Waals surface area (Å²) in [7, 11) is 0. The Balaban J connectivity index is 0.000000158. The smallest absolute Gasteiger partial charge is 0.417 e. The molecule has 4 aromatic rings. The van der Waals surface area contributed by atoms with Crippen molar-refractivity contribution in [3.63, 3.8) is 0 Å². The molecular weight excluding hydrogens is 585 g/mol. The van der Waals surface area contributed by atoms with Gasteiger partial charge < -0.3 is 9.80 Å². The van der Waals surface area contributed by atoms with Gasteiger partial charge in [-0.1, -0.05) is 23.5 Å². The van der Waals surface area contributed by atoms with Gasteiger partial charge in [0.25, 0.3) is 0 Å². The first-order valence-corrected chi connectivity index (χ1v) is 14.7. The fourth-order valence-electron chi connectivity index (χ4n) is 4.85. The van der Waals surface area contributed by atoms with Crippen molar-refractivity contribution in [3.8, 4) is 0 Å². The van der Waals surface area contributed by atoms with E-state index in [1.807, 2.05) is 0 Å². The van der Waals surface area contributed by atoms with E-state index in [1.165, 1.54) is 84.8 Å². The quantitative estimate of drug-likeness (QED) is 0.147. The maximum absolute atomic E-state index is 9.45. The summed E-state index contributed by atoms with van der Waals surface area (Å²) in [6.45, 7) is 4.92. The molecule has 4 aromatic carbocycles. The first kappa shape index (κ1) is 28.3. The summed E-state index contributed by atoms with van der Waals surface area (Å²) in [6, 6.07) is 26.3. The molecule has 0 bridgehead atoms. The van der Waals surface area contributed by atoms with Crippen LogP contribution in [0.5, 0.6) is 0 Å². The van der Waals surface area contributed by atoms with Crippen LogP contribution >= 0.6 is 0 Å². The largest absolute Gasteiger partial charge is 2.00 e. The molecule has 0 aliphatic carbocycles. The van der Waals surface area contributed by atoms with Crippen molar-refractivity contribution in [2.24, 2.45) is 0 Å². The van der Waals surface area contributed by atoms with E-state index < -0.39 is 17.9 Å². The standard InChI is InChI=1S/2C13H14N.2CH3NO.Ga.Zr/c2*1-2-6-12-11(5-1)7-8-13(12)14-9-3-4-10-14;2*2-1-3;;/h2*1-2,5-8H,3-4,9-10H2;2*1H,(H2,2,3);;/q2*-1;;;2*+2/p-2. The van der Waals surface area contributed by atoms with Crippen LogP contribution in [-0.2, 0) is 35.8 Å². The zero-order valence-electron chi connectivity index (χ0n) is 20.5. The molecule has 2 amide bonds. The van der Waals surface area contributed by atoms with Crippen LogP contribution in [0, 0.1) is 0 Å². The van der Waals surface area contributed by atoms with E-state index in [-0.39, 0.29) is 26.2 Å². The van der Waals surface area contributed by atoms with Crippen molar-refractivity contribution in [2.45, 2.75) is 25.7 Å². The van der Waals surface area contributed by atoms with Crippen LogP contribution in [0.4, 0.5) is 11.4 Å². The summed E-state index contributed by atoms with van der Waals surface area (Å²) in [5, 5.41) is 5.56. The minimum atomic E-state index is -0.953. The number of hydrogen-bond donors (Lipinski definition) is 2. The molecule has 0 unspecified atom stereocenters. The van der Waals surface area contributed by atoms with Gasteiger partial charge in [-0.2, -0.15) is 0 Å². The van der Waals surface area contributed by atoms with Gasteiger partial charge in [-0.15, -0.1) is 82.2 Å². The Bertz CT molecular complexity index is 1120. The van der Waals surface area contributed by atoms with Crippen LogP contribution in [0.2, 0.25) is 0 Å². The van der Waals surface area contributed by atoms with Crippen molar-refractivity contribution >= 4 is 63.6 Å². The van der Waals surface area contributed by atoms with E-state index in [4.69, 9.17) is 0 Å². The first-order valence-electron chi connectivity index (χ1n) is 12.3. The number of anilines is 2. The maximum atomic E-state index is 9.45. The summed E-state index contributed by atoms with van der Waals surface area (Å²) >= 11 is -0.953. The molecule has 0 aromatic heterocycles. The Morgan fingerprint density at radius 1 is 0.667 bits per heavy atom. The van der Waals surface area contributed by atoms with Crippen LogP contribution in [0.15, 0.2) is 72.8 Å². The predicted octanol–water partition coefficient (Wildman–Crippen LogP) is 4.33. The molecule has 2 fully saturated rings. The number of hydrogen-bond acceptors (Lipinski definition) is 4. The second-order valence-corrected chi connectivity index (χ2v) is 10.7. The summed E-state index contributed by atoms with van der Waals surface area (Å²) in [5.41, 5.74) is 2.86. The third kappa shape index (κ3) is 7.37. The third-order valence-corrected chi connectivity index (χ3v) is 7.78. The first-order chi connectivity index (χ1) is 17.3. The predicted molar refractivity (Wildman–Crippen MR) is 146 cm³/mol. The number of carbonyl (C=O) groups excluding carboxylic acids is 2. The summed E-state index contributed by atoms with van der Waals surface area (Å²) < 4.78 is 4.76. The molecule has 2 N–H and O–H groups in total. The van der Waals surface area contributed by atoms with E-state index in [0.29, 0.717) is 12.8 Å². The van der Waals surface area contributed by atoms with E-state index in [2.05, 4.69) is 90.6 Å². The minimum Gasteiger partial charge on any atom is -0.417 e. The van der Waals surface area contributed by atoms with Gasteiger partial charge in [-0.3, -0.25) is 0 Å². The van der Waals surface area contributed by atoms with Gasteiger partial charge in [0.15, 0.2) is 0 Å². The third-order valence-electron chi connectivity index (χ3n) is 6.51. The zero-order valence-corrected chi connectivity index (χ0v) is 25.4. The van der Waals surface area contributed by atoms with Gasteiger partial charge in [0.1, 0.15) is 0 Å². The molecule has 1 radical (unpaired) electrons. The Morgan fingerprint density at radius 2 is 1.06 bits per heavy atom. The topological polar surface area (TPSA) is 64.7 Å². The second-order valence-electron chi connectivity index (χ2n) is 8.71. The SMILES string of the molecule is O=C[NH][Ga][NH]C=O.[Zr+2].c1ccc2c(N3CCCC3)c[cH-]c2c1.c1ccc2c(N3CCCC3)c[cH-]c2c1. The minimum absolute atomic E-state index is 0. The van der Waals surface area contributed by atoms with E-state index >= 15 is 0 Å². The molecule has 36 heavy (non-hydrogen) atoms. The number of carbonyl (C=O) groups is 2. The number of rotatable bonds is 6. The fraction of sp³-hybridized carbons (Fsp3) is 0.286. The Kier molecular flexibility index (Phi) is 11.9. The normalized spacial score (nSPS) is 14.2. The molecule has 2 aliphatic rings. The van der Waals surface area contributed by atoms with Gasteiger partial charge >= 0.3 is 74.6 Å². The van der Waals surface area contributed by atoms with Crippen molar-refractivity contribution in [1.29, 1.82) is 0 Å². The molecular formula is C28H32GaN4O2Zr. The van der Waals surface area contributed by atoms with E-state index in [9.17, 15) is 9.59 Å². The van der Waals surface area contributed by atoms with Gasteiger partial charge in [0, 0.05) is 26.2 Å². The van der Waals surface area contributed by atoms with Gasteiger partial charge in [-0.25, -0.2) is 0 Å². The molecule has 6 nitrogen and oxygen atoms in total. The van der Waals surface area contributed by atoms with Gasteiger partial charge in [-0.05, 0) is 25.7 Å². The summed E-state index contributed by atoms with van der Waals surface area (Å²) in [5.74, 6) is 0. The van der Waals surface area contributed by atoms with E-state index in [0.717, 1.165) is 0 Å². The van der Waals surface area contributed by atoms with Crippen LogP contribution in [0.1, 0.15) is 25.7 Å². The Labute approximate surface area is 240 Å². The summed E-state index contributed by atoms with van der Waals surface area (Å²) in [4.78, 5) is 23.9. The number of amides is 2. The Morgan fingerprint density at radius 3 is 1.44 bits per heavy atom. The molecule has 0 saturated carbocycles. The molecule has 183 valence electrons. The molecule has 0 spiro atoms. The second kappa shape index (κ2) is 15.1. The molecule has 2 aliphatic heterocycles. The fourth-order valence-corrected chi connectivity index (χ4v) is 5.34. The molecule has 2 saturated heterocycles. The molecule has 6 rings (SSSR count). The number of fused-ring (bicyclic) bond motifs is 2. The van der Waals surface area contributed by atoms with Crippen molar-refractivity contribution < 1.29 is 35.8 Å². The summed E-state index contributed by atoms with van der Waals surface area (Å²) in [6.07, 6.45) is 6.55. The van der Waals surface area contributed by atoms with Gasteiger partial charge in [0.2, 0.25) is 0 Å². The average Bonchev–Trinajstić information content (AvgIpc) is 3.70. The monoisotopic (exact) mass is 615 g/mol. The average molecular weight is 618 g/mol.